The molecule has 0 aromatic heterocycles. The number of halogens is 2. The van der Waals surface area contributed by atoms with Crippen LogP contribution in [0.5, 0.6) is 5.75 Å². The molecule has 2 nitrogen and oxygen atoms in total. The SMILES string of the molecule is CC(C)c1cc(Br)ccc1OCC(=O)c1cccc(F)c1. The van der Waals surface area contributed by atoms with Crippen LogP contribution < -0.4 is 4.74 Å². The Labute approximate surface area is 132 Å². The minimum Gasteiger partial charge on any atom is -0.485 e. The first-order valence-electron chi connectivity index (χ1n) is 6.68. The molecule has 2 rings (SSSR count). The number of benzene rings is 2. The van der Waals surface area contributed by atoms with Crippen molar-refractivity contribution in [2.24, 2.45) is 0 Å². The van der Waals surface area contributed by atoms with Gasteiger partial charge in [0.25, 0.3) is 0 Å². The zero-order valence-corrected chi connectivity index (χ0v) is 13.5. The van der Waals surface area contributed by atoms with Gasteiger partial charge in [-0.2, -0.15) is 0 Å². The van der Waals surface area contributed by atoms with Gasteiger partial charge in [-0.25, -0.2) is 4.39 Å². The fourth-order valence-electron chi connectivity index (χ4n) is 1.99. The Hall–Kier alpha value is -1.68. The standard InChI is InChI=1S/C17H16BrFO2/c1-11(2)15-9-13(18)6-7-17(15)21-10-16(20)12-4-3-5-14(19)8-12/h3-9,11H,10H2,1-2H3. The molecule has 21 heavy (non-hydrogen) atoms. The topological polar surface area (TPSA) is 26.3 Å². The Morgan fingerprint density at radius 2 is 2.00 bits per heavy atom. The second kappa shape index (κ2) is 6.85. The lowest BCUT2D eigenvalue weighted by atomic mass is 10.0. The lowest BCUT2D eigenvalue weighted by Crippen LogP contribution is -2.12. The molecule has 0 radical (unpaired) electrons. The van der Waals surface area contributed by atoms with Crippen LogP contribution in [0.25, 0.3) is 0 Å². The maximum atomic E-state index is 13.1. The smallest absolute Gasteiger partial charge is 0.200 e. The molecule has 0 amide bonds. The van der Waals surface area contributed by atoms with Gasteiger partial charge < -0.3 is 4.74 Å². The van der Waals surface area contributed by atoms with Crippen molar-refractivity contribution in [2.75, 3.05) is 6.61 Å². The third-order valence-corrected chi connectivity index (χ3v) is 3.59. The van der Waals surface area contributed by atoms with E-state index in [1.165, 1.54) is 18.2 Å². The van der Waals surface area contributed by atoms with E-state index in [-0.39, 0.29) is 18.3 Å². The molecular formula is C17H16BrFO2. The summed E-state index contributed by atoms with van der Waals surface area (Å²) in [4.78, 5) is 12.0. The van der Waals surface area contributed by atoms with Gasteiger partial charge in [0.15, 0.2) is 12.4 Å². The number of carbonyl (C=O) groups excluding carboxylic acids is 1. The summed E-state index contributed by atoms with van der Waals surface area (Å²) in [5.41, 5.74) is 1.34. The van der Waals surface area contributed by atoms with E-state index in [0.29, 0.717) is 11.3 Å². The van der Waals surface area contributed by atoms with Gasteiger partial charge in [-0.1, -0.05) is 41.9 Å². The van der Waals surface area contributed by atoms with Crippen LogP contribution in [0.4, 0.5) is 4.39 Å². The number of ketones is 1. The molecule has 0 heterocycles. The highest BCUT2D eigenvalue weighted by atomic mass is 79.9. The van der Waals surface area contributed by atoms with Crippen LogP contribution in [0.3, 0.4) is 0 Å². The van der Waals surface area contributed by atoms with Crippen LogP contribution in [0.15, 0.2) is 46.9 Å². The summed E-state index contributed by atoms with van der Waals surface area (Å²) >= 11 is 3.43. The van der Waals surface area contributed by atoms with Crippen molar-refractivity contribution in [3.8, 4) is 5.75 Å². The van der Waals surface area contributed by atoms with Crippen molar-refractivity contribution in [1.82, 2.24) is 0 Å². The predicted octanol–water partition coefficient (Wildman–Crippen LogP) is 4.97. The Balaban J connectivity index is 2.11. The van der Waals surface area contributed by atoms with E-state index < -0.39 is 5.82 Å². The molecule has 110 valence electrons. The number of carbonyl (C=O) groups is 1. The normalized spacial score (nSPS) is 10.7. The van der Waals surface area contributed by atoms with Crippen LogP contribution in [-0.2, 0) is 0 Å². The third kappa shape index (κ3) is 4.14. The van der Waals surface area contributed by atoms with Crippen LogP contribution in [0.2, 0.25) is 0 Å². The van der Waals surface area contributed by atoms with E-state index in [1.54, 1.807) is 6.07 Å². The third-order valence-electron chi connectivity index (χ3n) is 3.10. The molecule has 0 aliphatic rings. The van der Waals surface area contributed by atoms with Gasteiger partial charge in [-0.05, 0) is 41.8 Å². The Morgan fingerprint density at radius 1 is 1.24 bits per heavy atom. The second-order valence-electron chi connectivity index (χ2n) is 5.06. The van der Waals surface area contributed by atoms with Gasteiger partial charge >= 0.3 is 0 Å². The van der Waals surface area contributed by atoms with Crippen LogP contribution in [-0.4, -0.2) is 12.4 Å². The maximum absolute atomic E-state index is 13.1. The van der Waals surface area contributed by atoms with E-state index in [9.17, 15) is 9.18 Å². The summed E-state index contributed by atoms with van der Waals surface area (Å²) in [5.74, 6) is 0.291. The van der Waals surface area contributed by atoms with Crippen LogP contribution >= 0.6 is 15.9 Å². The second-order valence-corrected chi connectivity index (χ2v) is 5.97. The van der Waals surface area contributed by atoms with Gasteiger partial charge in [0, 0.05) is 10.0 Å². The Bertz CT molecular complexity index is 653. The van der Waals surface area contributed by atoms with Crippen LogP contribution in [0.1, 0.15) is 35.7 Å². The number of rotatable bonds is 5. The van der Waals surface area contributed by atoms with E-state index in [1.807, 2.05) is 18.2 Å². The molecular weight excluding hydrogens is 335 g/mol. The van der Waals surface area contributed by atoms with Crippen molar-refractivity contribution in [1.29, 1.82) is 0 Å². The minimum atomic E-state index is -0.424. The van der Waals surface area contributed by atoms with Gasteiger partial charge in [-0.15, -0.1) is 0 Å². The number of Topliss-reactive ketones (excluding diaryl/α,β-unsaturated/α-hetero) is 1. The molecule has 0 N–H and O–H groups in total. The minimum absolute atomic E-state index is 0.106. The summed E-state index contributed by atoms with van der Waals surface area (Å²) in [6, 6.07) is 11.3. The van der Waals surface area contributed by atoms with Crippen molar-refractivity contribution >= 4 is 21.7 Å². The van der Waals surface area contributed by atoms with Crippen LogP contribution in [0, 0.1) is 5.82 Å². The van der Waals surface area contributed by atoms with Gasteiger partial charge in [0.05, 0.1) is 0 Å². The maximum Gasteiger partial charge on any atom is 0.200 e. The average molecular weight is 351 g/mol. The molecule has 0 unspecified atom stereocenters. The lowest BCUT2D eigenvalue weighted by molar-refractivity contribution is 0.0920. The van der Waals surface area contributed by atoms with Crippen molar-refractivity contribution < 1.29 is 13.9 Å². The van der Waals surface area contributed by atoms with Crippen molar-refractivity contribution in [3.05, 3.63) is 63.9 Å². The fourth-order valence-corrected chi connectivity index (χ4v) is 2.37. The molecule has 0 fully saturated rings. The first kappa shape index (κ1) is 15.7. The van der Waals surface area contributed by atoms with Crippen molar-refractivity contribution in [3.63, 3.8) is 0 Å². The molecule has 2 aromatic rings. The van der Waals surface area contributed by atoms with E-state index in [0.717, 1.165) is 10.0 Å². The first-order chi connectivity index (χ1) is 9.97. The van der Waals surface area contributed by atoms with Gasteiger partial charge in [-0.3, -0.25) is 4.79 Å². The average Bonchev–Trinajstić information content (AvgIpc) is 2.45. The molecule has 0 aliphatic carbocycles. The van der Waals surface area contributed by atoms with E-state index in [4.69, 9.17) is 4.74 Å². The number of hydrogen-bond acceptors (Lipinski definition) is 2. The quantitative estimate of drug-likeness (QED) is 0.711. The lowest BCUT2D eigenvalue weighted by Gasteiger charge is -2.14. The highest BCUT2D eigenvalue weighted by Gasteiger charge is 2.12. The monoisotopic (exact) mass is 350 g/mol. The molecule has 0 saturated heterocycles. The largest absolute Gasteiger partial charge is 0.485 e. The highest BCUT2D eigenvalue weighted by Crippen LogP contribution is 2.29. The van der Waals surface area contributed by atoms with Crippen molar-refractivity contribution in [2.45, 2.75) is 19.8 Å². The summed E-state index contributed by atoms with van der Waals surface area (Å²) in [5, 5.41) is 0. The Morgan fingerprint density at radius 3 is 2.67 bits per heavy atom. The highest BCUT2D eigenvalue weighted by molar-refractivity contribution is 9.10. The molecule has 0 spiro atoms. The van der Waals surface area contributed by atoms with E-state index >= 15 is 0 Å². The molecule has 2 aromatic carbocycles. The van der Waals surface area contributed by atoms with E-state index in [2.05, 4.69) is 29.8 Å². The molecule has 0 atom stereocenters. The predicted molar refractivity (Wildman–Crippen MR) is 84.5 cm³/mol. The number of ether oxygens (including phenoxy) is 1. The molecule has 4 heteroatoms. The summed E-state index contributed by atoms with van der Waals surface area (Å²) < 4.78 is 19.7. The zero-order valence-electron chi connectivity index (χ0n) is 11.9. The molecule has 0 aliphatic heterocycles. The molecule has 0 saturated carbocycles. The first-order valence-corrected chi connectivity index (χ1v) is 7.47. The fraction of sp³-hybridized carbons (Fsp3) is 0.235. The van der Waals surface area contributed by atoms with Gasteiger partial charge in [0.1, 0.15) is 11.6 Å². The summed E-state index contributed by atoms with van der Waals surface area (Å²) in [6.07, 6.45) is 0. The summed E-state index contributed by atoms with van der Waals surface area (Å²) in [7, 11) is 0. The molecule has 0 bridgehead atoms. The summed E-state index contributed by atoms with van der Waals surface area (Å²) in [6.45, 7) is 4.01. The zero-order chi connectivity index (χ0) is 15.4. The Kier molecular flexibility index (Phi) is 5.12. The van der Waals surface area contributed by atoms with Gasteiger partial charge in [0.2, 0.25) is 0 Å². The number of hydrogen-bond donors (Lipinski definition) is 0.